The molecule has 1 aromatic carbocycles. The molecule has 3 heterocycles. The molecule has 1 amide bonds. The highest BCUT2D eigenvalue weighted by atomic mass is 79.9. The number of pyridine rings is 1. The molecule has 0 radical (unpaired) electrons. The first kappa shape index (κ1) is 28.2. The van der Waals surface area contributed by atoms with Gasteiger partial charge in [0.25, 0.3) is 0 Å². The summed E-state index contributed by atoms with van der Waals surface area (Å²) in [5.41, 5.74) is 12.1. The monoisotopic (exact) mass is 648 g/mol. The summed E-state index contributed by atoms with van der Waals surface area (Å²) in [6.07, 6.45) is 9.49. The molecule has 3 aliphatic rings. The summed E-state index contributed by atoms with van der Waals surface area (Å²) in [5, 5.41) is 0.792. The number of carbonyl (C=O) groups is 1. The maximum atomic E-state index is 12.2. The number of hydrogen-bond donors (Lipinski definition) is 1. The van der Waals surface area contributed by atoms with Crippen LogP contribution in [0.4, 0.5) is 0 Å². The zero-order valence-electron chi connectivity index (χ0n) is 21.2. The van der Waals surface area contributed by atoms with Crippen molar-refractivity contribution in [1.82, 2.24) is 14.8 Å². The van der Waals surface area contributed by atoms with Gasteiger partial charge in [0.1, 0.15) is 0 Å². The molecule has 1 aromatic heterocycles. The lowest BCUT2D eigenvalue weighted by molar-refractivity contribution is -0.133. The van der Waals surface area contributed by atoms with Gasteiger partial charge >= 0.3 is 0 Å². The summed E-state index contributed by atoms with van der Waals surface area (Å²) in [4.78, 5) is 20.9. The second kappa shape index (κ2) is 12.8. The lowest BCUT2D eigenvalue weighted by Gasteiger charge is -2.34. The first-order valence-corrected chi connectivity index (χ1v) is 14.9. The summed E-state index contributed by atoms with van der Waals surface area (Å²) in [5.74, 6) is 1.48. The molecule has 198 valence electrons. The van der Waals surface area contributed by atoms with E-state index in [1.807, 2.05) is 17.2 Å². The third-order valence-electron chi connectivity index (χ3n) is 7.59. The molecule has 2 fully saturated rings. The molecule has 2 saturated heterocycles. The zero-order valence-corrected chi connectivity index (χ0v) is 25.2. The Morgan fingerprint density at radius 3 is 2.38 bits per heavy atom. The number of halogens is 3. The predicted octanol–water partition coefficient (Wildman–Crippen LogP) is 6.65. The predicted molar refractivity (Wildman–Crippen MR) is 158 cm³/mol. The average molecular weight is 651 g/mol. The molecule has 0 spiro atoms. The maximum absolute atomic E-state index is 12.2. The van der Waals surface area contributed by atoms with Crippen molar-refractivity contribution < 1.29 is 4.79 Å². The number of nitrogens with two attached hydrogens (primary N) is 1. The summed E-state index contributed by atoms with van der Waals surface area (Å²) >= 11 is 13.2. The molecule has 5 nitrogen and oxygen atoms in total. The van der Waals surface area contributed by atoms with Gasteiger partial charge in [0, 0.05) is 64.9 Å². The number of likely N-dealkylation sites (tertiary alicyclic amines) is 2. The Hall–Kier alpha value is -1.83. The van der Waals surface area contributed by atoms with E-state index < -0.39 is 0 Å². The highest BCUT2D eigenvalue weighted by molar-refractivity contribution is 9.10. The van der Waals surface area contributed by atoms with Crippen LogP contribution in [0, 0.1) is 5.92 Å². The van der Waals surface area contributed by atoms with Crippen LogP contribution >= 0.6 is 43.5 Å². The van der Waals surface area contributed by atoms with Crippen LogP contribution in [0.2, 0.25) is 5.02 Å². The lowest BCUT2D eigenvalue weighted by atomic mass is 9.92. The number of carbonyl (C=O) groups excluding carboxylic acids is 1. The number of hydrogen-bond acceptors (Lipinski definition) is 4. The van der Waals surface area contributed by atoms with Crippen LogP contribution in [0.1, 0.15) is 54.5 Å². The number of fused-ring (bicyclic) bond motifs is 2. The quantitative estimate of drug-likeness (QED) is 0.378. The molecular weight excluding hydrogens is 616 g/mol. The van der Waals surface area contributed by atoms with E-state index in [-0.39, 0.29) is 0 Å². The molecule has 0 saturated carbocycles. The highest BCUT2D eigenvalue weighted by Gasteiger charge is 2.25. The van der Waals surface area contributed by atoms with E-state index in [9.17, 15) is 4.79 Å². The standard InChI is InChI=1S/C15H25N3O.C14H10Br2ClN/c1-12-3-7-18(8-4-12)15(19)11-14-5-9-17(10-6-14)13(2)16;15-10-3-9-2-1-8-4-11(17)5-13(16)12(8)6-14(9)18-7-10/h14H,1-11,16H2;3-5,7H,1-2,6H2. The number of piperidine rings is 2. The third-order valence-corrected chi connectivity index (χ3v) is 8.95. The van der Waals surface area contributed by atoms with E-state index in [0.29, 0.717) is 24.1 Å². The molecule has 0 bridgehead atoms. The Labute approximate surface area is 242 Å². The van der Waals surface area contributed by atoms with E-state index in [4.69, 9.17) is 17.3 Å². The second-order valence-corrected chi connectivity index (χ2v) is 12.4. The van der Waals surface area contributed by atoms with Crippen LogP contribution < -0.4 is 5.73 Å². The minimum Gasteiger partial charge on any atom is -0.386 e. The van der Waals surface area contributed by atoms with Crippen molar-refractivity contribution in [2.75, 3.05) is 26.2 Å². The second-order valence-electron chi connectivity index (χ2n) is 10.2. The topological polar surface area (TPSA) is 62.5 Å². The largest absolute Gasteiger partial charge is 0.386 e. The van der Waals surface area contributed by atoms with Crippen LogP contribution in [0.25, 0.3) is 0 Å². The maximum Gasteiger partial charge on any atom is 0.222 e. The fourth-order valence-corrected chi connectivity index (χ4v) is 6.67. The fraction of sp³-hybridized carbons (Fsp3) is 0.448. The van der Waals surface area contributed by atoms with Crippen LogP contribution in [-0.2, 0) is 24.1 Å². The van der Waals surface area contributed by atoms with Crippen molar-refractivity contribution in [3.8, 4) is 0 Å². The molecule has 37 heavy (non-hydrogen) atoms. The van der Waals surface area contributed by atoms with E-state index >= 15 is 0 Å². The van der Waals surface area contributed by atoms with E-state index in [0.717, 1.165) is 85.1 Å². The number of amides is 1. The van der Waals surface area contributed by atoms with Gasteiger partial charge < -0.3 is 15.5 Å². The summed E-state index contributed by atoms with van der Waals surface area (Å²) in [6.45, 7) is 11.3. The van der Waals surface area contributed by atoms with Gasteiger partial charge in [-0.1, -0.05) is 46.3 Å². The molecule has 2 N–H and O–H groups in total. The van der Waals surface area contributed by atoms with Crippen molar-refractivity contribution in [1.29, 1.82) is 0 Å². The molecule has 0 unspecified atom stereocenters. The molecule has 5 rings (SSSR count). The molecular formula is C29H35Br2ClN4O. The fourth-order valence-electron chi connectivity index (χ4n) is 5.27. The van der Waals surface area contributed by atoms with Gasteiger partial charge in [0.05, 0.1) is 5.82 Å². The van der Waals surface area contributed by atoms with Crippen LogP contribution in [0.15, 0.2) is 57.9 Å². The molecule has 0 atom stereocenters. The zero-order chi connectivity index (χ0) is 26.5. The molecule has 8 heteroatoms. The molecule has 1 aliphatic carbocycles. The minimum atomic E-state index is 0.317. The Bertz CT molecular complexity index is 1170. The Kier molecular flexibility index (Phi) is 9.76. The van der Waals surface area contributed by atoms with Crippen molar-refractivity contribution in [3.63, 3.8) is 0 Å². The van der Waals surface area contributed by atoms with Gasteiger partial charge in [-0.3, -0.25) is 9.78 Å². The average Bonchev–Trinajstić information content (AvgIpc) is 3.04. The number of aryl methyl sites for hydroxylation is 2. The van der Waals surface area contributed by atoms with E-state index in [1.165, 1.54) is 28.0 Å². The lowest BCUT2D eigenvalue weighted by Crippen LogP contribution is -2.40. The number of aromatic nitrogens is 1. The van der Waals surface area contributed by atoms with Crippen LogP contribution in [-0.4, -0.2) is 46.9 Å². The van der Waals surface area contributed by atoms with Gasteiger partial charge in [0.15, 0.2) is 0 Å². The van der Waals surface area contributed by atoms with Gasteiger partial charge in [0.2, 0.25) is 5.91 Å². The van der Waals surface area contributed by atoms with Crippen molar-refractivity contribution in [2.24, 2.45) is 11.7 Å². The first-order valence-electron chi connectivity index (χ1n) is 12.9. The SMILES string of the molecule is C=C1CCN(C(=O)CC2CCN(C(=C)N)CC2)CC1.Clc1cc(Br)c2c(c1)CCc1cc(Br)cnc1C2. The van der Waals surface area contributed by atoms with Crippen molar-refractivity contribution in [3.05, 3.63) is 85.3 Å². The van der Waals surface area contributed by atoms with Gasteiger partial charge in [-0.15, -0.1) is 0 Å². The normalized spacial score (nSPS) is 17.8. The number of rotatable bonds is 3. The van der Waals surface area contributed by atoms with Crippen molar-refractivity contribution in [2.45, 2.75) is 51.4 Å². The van der Waals surface area contributed by atoms with E-state index in [1.54, 1.807) is 0 Å². The first-order chi connectivity index (χ1) is 17.7. The van der Waals surface area contributed by atoms with Gasteiger partial charge in [-0.25, -0.2) is 0 Å². The molecule has 2 aliphatic heterocycles. The number of benzene rings is 1. The smallest absolute Gasteiger partial charge is 0.222 e. The third kappa shape index (κ3) is 7.61. The minimum absolute atomic E-state index is 0.317. The van der Waals surface area contributed by atoms with E-state index in [2.05, 4.69) is 67.0 Å². The van der Waals surface area contributed by atoms with Crippen molar-refractivity contribution >= 4 is 49.4 Å². The summed E-state index contributed by atoms with van der Waals surface area (Å²) < 4.78 is 2.13. The highest BCUT2D eigenvalue weighted by Crippen LogP contribution is 2.32. The summed E-state index contributed by atoms with van der Waals surface area (Å²) in [6, 6.07) is 6.20. The Balaban J connectivity index is 0.000000173. The van der Waals surface area contributed by atoms with Crippen LogP contribution in [0.3, 0.4) is 0 Å². The summed E-state index contributed by atoms with van der Waals surface area (Å²) in [7, 11) is 0. The Morgan fingerprint density at radius 1 is 1.03 bits per heavy atom. The Morgan fingerprint density at radius 2 is 1.70 bits per heavy atom. The molecule has 2 aromatic rings. The van der Waals surface area contributed by atoms with Crippen LogP contribution in [0.5, 0.6) is 0 Å². The number of nitrogens with zero attached hydrogens (tertiary/aromatic N) is 3. The van der Waals surface area contributed by atoms with Gasteiger partial charge in [-0.2, -0.15) is 0 Å². The van der Waals surface area contributed by atoms with Gasteiger partial charge in [-0.05, 0) is 95.3 Å².